The van der Waals surface area contributed by atoms with Gasteiger partial charge in [-0.15, -0.1) is 0 Å². The Kier molecular flexibility index (Phi) is 3.78. The monoisotopic (exact) mass is 247 g/mol. The second-order valence-corrected chi connectivity index (χ2v) is 4.21. The smallest absolute Gasteiger partial charge is 0.238 e. The molecule has 0 saturated carbocycles. The van der Waals surface area contributed by atoms with Crippen molar-refractivity contribution in [3.8, 4) is 6.07 Å². The Labute approximate surface area is 105 Å². The van der Waals surface area contributed by atoms with Gasteiger partial charge in [0.2, 0.25) is 5.91 Å². The molecule has 0 aliphatic carbocycles. The molecule has 4 nitrogen and oxygen atoms in total. The van der Waals surface area contributed by atoms with E-state index in [0.717, 1.165) is 25.9 Å². The third kappa shape index (κ3) is 2.59. The second kappa shape index (κ2) is 5.50. The summed E-state index contributed by atoms with van der Waals surface area (Å²) in [5.74, 6) is -0.754. The average Bonchev–Trinajstić information content (AvgIpc) is 2.82. The highest BCUT2D eigenvalue weighted by atomic mass is 19.1. The number of hydrogen-bond donors (Lipinski definition) is 1. The molecule has 1 aliphatic heterocycles. The molecule has 94 valence electrons. The second-order valence-electron chi connectivity index (χ2n) is 4.21. The Bertz CT molecular complexity index is 489. The maximum Gasteiger partial charge on any atom is 0.238 e. The molecule has 1 aliphatic rings. The van der Waals surface area contributed by atoms with Gasteiger partial charge in [-0.05, 0) is 25.0 Å². The van der Waals surface area contributed by atoms with Crippen LogP contribution in [0.25, 0.3) is 0 Å². The van der Waals surface area contributed by atoms with E-state index in [1.54, 1.807) is 18.2 Å². The minimum Gasteiger partial charge on any atom is -0.367 e. The Balaban J connectivity index is 2.26. The summed E-state index contributed by atoms with van der Waals surface area (Å²) in [5.41, 5.74) is 0.874. The van der Waals surface area contributed by atoms with Gasteiger partial charge in [0.15, 0.2) is 0 Å². The van der Waals surface area contributed by atoms with E-state index >= 15 is 0 Å². The maximum absolute atomic E-state index is 13.9. The fourth-order valence-corrected chi connectivity index (χ4v) is 2.14. The molecule has 0 bridgehead atoms. The summed E-state index contributed by atoms with van der Waals surface area (Å²) in [6, 6.07) is 6.37. The van der Waals surface area contributed by atoms with Crippen molar-refractivity contribution in [3.05, 3.63) is 24.0 Å². The molecule has 1 fully saturated rings. The number of rotatable bonds is 3. The van der Waals surface area contributed by atoms with Crippen molar-refractivity contribution in [2.24, 2.45) is 0 Å². The molecule has 0 unspecified atom stereocenters. The van der Waals surface area contributed by atoms with Crippen molar-refractivity contribution in [2.75, 3.05) is 23.3 Å². The first-order valence-electron chi connectivity index (χ1n) is 5.92. The molecule has 1 saturated heterocycles. The lowest BCUT2D eigenvalue weighted by atomic mass is 10.2. The Morgan fingerprint density at radius 2 is 2.17 bits per heavy atom. The molecule has 1 aromatic rings. The summed E-state index contributed by atoms with van der Waals surface area (Å²) in [6.07, 6.45) is 1.83. The Morgan fingerprint density at radius 1 is 1.44 bits per heavy atom. The van der Waals surface area contributed by atoms with E-state index < -0.39 is 5.91 Å². The summed E-state index contributed by atoms with van der Waals surface area (Å²) in [4.78, 5) is 13.3. The molecular weight excluding hydrogens is 233 g/mol. The van der Waals surface area contributed by atoms with E-state index in [1.807, 2.05) is 4.90 Å². The number of nitrogens with one attached hydrogen (secondary N) is 1. The number of nitrogens with zero attached hydrogens (tertiary/aromatic N) is 2. The lowest BCUT2D eigenvalue weighted by molar-refractivity contribution is -0.115. The lowest BCUT2D eigenvalue weighted by Crippen LogP contribution is -2.22. The zero-order chi connectivity index (χ0) is 13.0. The summed E-state index contributed by atoms with van der Waals surface area (Å²) in [6.45, 7) is 1.59. The first-order valence-corrected chi connectivity index (χ1v) is 5.92. The number of carbonyl (C=O) groups is 1. The molecular formula is C13H14FN3O. The molecule has 1 amide bonds. The van der Waals surface area contributed by atoms with Gasteiger partial charge >= 0.3 is 0 Å². The first-order chi connectivity index (χ1) is 8.72. The van der Waals surface area contributed by atoms with Crippen LogP contribution in [0.4, 0.5) is 15.8 Å². The molecule has 2 rings (SSSR count). The highest BCUT2D eigenvalue weighted by Crippen LogP contribution is 2.31. The third-order valence-corrected chi connectivity index (χ3v) is 2.92. The third-order valence-electron chi connectivity index (χ3n) is 2.92. The normalized spacial score (nSPS) is 14.3. The highest BCUT2D eigenvalue weighted by Gasteiger charge is 2.20. The maximum atomic E-state index is 13.9. The standard InChI is InChI=1S/C13H14FN3O/c14-10-4-3-5-11(16-12(18)6-7-15)13(10)17-8-1-2-9-17/h3-5H,1-2,6,8-9H2,(H,16,18). The van der Waals surface area contributed by atoms with E-state index in [1.165, 1.54) is 6.07 Å². The SMILES string of the molecule is N#CCC(=O)Nc1cccc(F)c1N1CCCC1. The van der Waals surface area contributed by atoms with Crippen LogP contribution in [0, 0.1) is 17.1 Å². The fraction of sp³-hybridized carbons (Fsp3) is 0.385. The van der Waals surface area contributed by atoms with Gasteiger partial charge in [-0.25, -0.2) is 4.39 Å². The van der Waals surface area contributed by atoms with Gasteiger partial charge in [0.05, 0.1) is 17.4 Å². The van der Waals surface area contributed by atoms with Crippen LogP contribution in [0.1, 0.15) is 19.3 Å². The van der Waals surface area contributed by atoms with E-state index in [9.17, 15) is 9.18 Å². The fourth-order valence-electron chi connectivity index (χ4n) is 2.14. The summed E-state index contributed by atoms with van der Waals surface area (Å²) >= 11 is 0. The van der Waals surface area contributed by atoms with Gasteiger partial charge in [-0.1, -0.05) is 6.07 Å². The number of halogens is 1. The zero-order valence-electron chi connectivity index (χ0n) is 9.95. The van der Waals surface area contributed by atoms with E-state index in [-0.39, 0.29) is 12.2 Å². The van der Waals surface area contributed by atoms with Gasteiger partial charge < -0.3 is 10.2 Å². The van der Waals surface area contributed by atoms with Crippen molar-refractivity contribution in [1.82, 2.24) is 0 Å². The number of para-hydroxylation sites is 1. The molecule has 0 aromatic heterocycles. The first kappa shape index (κ1) is 12.4. The highest BCUT2D eigenvalue weighted by molar-refractivity contribution is 5.95. The number of hydrogen-bond acceptors (Lipinski definition) is 3. The minimum atomic E-state index is -0.413. The predicted molar refractivity (Wildman–Crippen MR) is 66.7 cm³/mol. The van der Waals surface area contributed by atoms with Crippen LogP contribution >= 0.6 is 0 Å². The minimum absolute atomic E-state index is 0.226. The lowest BCUT2D eigenvalue weighted by Gasteiger charge is -2.22. The largest absolute Gasteiger partial charge is 0.367 e. The molecule has 1 aromatic carbocycles. The van der Waals surface area contributed by atoms with Crippen molar-refractivity contribution in [3.63, 3.8) is 0 Å². The summed E-state index contributed by atoms with van der Waals surface area (Å²) in [7, 11) is 0. The number of carbonyl (C=O) groups excluding carboxylic acids is 1. The van der Waals surface area contributed by atoms with Crippen LogP contribution in [-0.4, -0.2) is 19.0 Å². The van der Waals surface area contributed by atoms with Gasteiger partial charge in [0.1, 0.15) is 12.2 Å². The molecule has 1 N–H and O–H groups in total. The number of anilines is 2. The number of amides is 1. The van der Waals surface area contributed by atoms with Crippen molar-refractivity contribution >= 4 is 17.3 Å². The Hall–Kier alpha value is -2.09. The van der Waals surface area contributed by atoms with Crippen LogP contribution in [0.15, 0.2) is 18.2 Å². The van der Waals surface area contributed by atoms with Crippen LogP contribution in [0.3, 0.4) is 0 Å². The van der Waals surface area contributed by atoms with Crippen molar-refractivity contribution in [2.45, 2.75) is 19.3 Å². The quantitative estimate of drug-likeness (QED) is 0.891. The van der Waals surface area contributed by atoms with Crippen LogP contribution < -0.4 is 10.2 Å². The summed E-state index contributed by atoms with van der Waals surface area (Å²) < 4.78 is 13.9. The van der Waals surface area contributed by atoms with E-state index in [4.69, 9.17) is 5.26 Å². The van der Waals surface area contributed by atoms with E-state index in [2.05, 4.69) is 5.32 Å². The number of nitriles is 1. The van der Waals surface area contributed by atoms with Crippen LogP contribution in [0.5, 0.6) is 0 Å². The van der Waals surface area contributed by atoms with Crippen LogP contribution in [0.2, 0.25) is 0 Å². The average molecular weight is 247 g/mol. The number of benzene rings is 1. The van der Waals surface area contributed by atoms with Gasteiger partial charge in [-0.2, -0.15) is 5.26 Å². The van der Waals surface area contributed by atoms with Crippen LogP contribution in [-0.2, 0) is 4.79 Å². The van der Waals surface area contributed by atoms with Gasteiger partial charge in [-0.3, -0.25) is 4.79 Å². The topological polar surface area (TPSA) is 56.1 Å². The predicted octanol–water partition coefficient (Wildman–Crippen LogP) is 2.28. The molecule has 0 radical (unpaired) electrons. The Morgan fingerprint density at radius 3 is 2.83 bits per heavy atom. The molecule has 18 heavy (non-hydrogen) atoms. The molecule has 0 spiro atoms. The molecule has 0 atom stereocenters. The van der Waals surface area contributed by atoms with Gasteiger partial charge in [0.25, 0.3) is 0 Å². The van der Waals surface area contributed by atoms with Gasteiger partial charge in [0, 0.05) is 13.1 Å². The molecule has 1 heterocycles. The summed E-state index contributed by atoms with van der Waals surface area (Å²) in [5, 5.41) is 11.0. The van der Waals surface area contributed by atoms with Crippen molar-refractivity contribution < 1.29 is 9.18 Å². The van der Waals surface area contributed by atoms with E-state index in [0.29, 0.717) is 11.4 Å². The van der Waals surface area contributed by atoms with Crippen molar-refractivity contribution in [1.29, 1.82) is 5.26 Å². The zero-order valence-corrected chi connectivity index (χ0v) is 9.95. The molecule has 5 heteroatoms.